The van der Waals surface area contributed by atoms with Crippen molar-refractivity contribution < 1.29 is 22.7 Å². The third kappa shape index (κ3) is 4.04. The Balaban J connectivity index is 2.65. The Morgan fingerprint density at radius 1 is 1.56 bits per heavy atom. The van der Waals surface area contributed by atoms with Gasteiger partial charge in [0.05, 0.1) is 12.4 Å². The molecule has 18 heavy (non-hydrogen) atoms. The van der Waals surface area contributed by atoms with Gasteiger partial charge in [-0.3, -0.25) is 9.59 Å². The summed E-state index contributed by atoms with van der Waals surface area (Å²) in [5, 5.41) is 2.51. The summed E-state index contributed by atoms with van der Waals surface area (Å²) >= 11 is 0. The van der Waals surface area contributed by atoms with Crippen LogP contribution in [0.25, 0.3) is 0 Å². The zero-order chi connectivity index (χ0) is 13.9. The molecule has 1 heterocycles. The van der Waals surface area contributed by atoms with E-state index in [1.54, 1.807) is 13.8 Å². The minimum atomic E-state index is -3.47. The second-order valence-corrected chi connectivity index (χ2v) is 6.10. The van der Waals surface area contributed by atoms with E-state index in [4.69, 9.17) is 4.74 Å². The minimum absolute atomic E-state index is 0.0254. The maximum Gasteiger partial charge on any atom is 0.238 e. The number of ether oxygens (including phenoxy) is 1. The van der Waals surface area contributed by atoms with Gasteiger partial charge in [0, 0.05) is 0 Å². The molecule has 2 N–H and O–H groups in total. The van der Waals surface area contributed by atoms with E-state index >= 15 is 0 Å². The summed E-state index contributed by atoms with van der Waals surface area (Å²) in [6.45, 7) is 3.34. The highest BCUT2D eigenvalue weighted by Gasteiger charge is 2.35. The molecule has 1 amide bonds. The number of nitrogens with one attached hydrogen (secondary N) is 2. The summed E-state index contributed by atoms with van der Waals surface area (Å²) in [6, 6.07) is -1.58. The van der Waals surface area contributed by atoms with E-state index in [-0.39, 0.29) is 12.4 Å². The van der Waals surface area contributed by atoms with Gasteiger partial charge in [0.2, 0.25) is 15.9 Å². The van der Waals surface area contributed by atoms with Crippen LogP contribution in [0.1, 0.15) is 20.3 Å². The zero-order valence-electron chi connectivity index (χ0n) is 10.6. The van der Waals surface area contributed by atoms with Gasteiger partial charge in [-0.1, -0.05) is 6.92 Å². The molecule has 0 aromatic carbocycles. The van der Waals surface area contributed by atoms with Crippen molar-refractivity contribution in [3.8, 4) is 0 Å². The minimum Gasteiger partial charge on any atom is -0.368 e. The van der Waals surface area contributed by atoms with Crippen LogP contribution in [0, 0.1) is 0 Å². The van der Waals surface area contributed by atoms with E-state index in [2.05, 4.69) is 10.0 Å². The lowest BCUT2D eigenvalue weighted by Gasteiger charge is -2.19. The molecular weight excluding hydrogens is 260 g/mol. The highest BCUT2D eigenvalue weighted by Crippen LogP contribution is 2.10. The third-order valence-corrected chi connectivity index (χ3v) is 3.40. The van der Waals surface area contributed by atoms with Crippen LogP contribution in [-0.4, -0.2) is 51.2 Å². The SMILES string of the molecule is CC[C@H](NS(C)(=O)=O)C(=O)NC1C(=O)CO[C@H]1C. The lowest BCUT2D eigenvalue weighted by Crippen LogP contribution is -2.52. The lowest BCUT2D eigenvalue weighted by atomic mass is 10.1. The average molecular weight is 278 g/mol. The van der Waals surface area contributed by atoms with Crippen molar-refractivity contribution in [2.45, 2.75) is 38.5 Å². The fourth-order valence-electron chi connectivity index (χ4n) is 1.69. The Morgan fingerprint density at radius 3 is 2.56 bits per heavy atom. The van der Waals surface area contributed by atoms with E-state index in [0.29, 0.717) is 6.42 Å². The molecule has 0 spiro atoms. The van der Waals surface area contributed by atoms with Crippen LogP contribution in [0.15, 0.2) is 0 Å². The Labute approximate surface area is 106 Å². The van der Waals surface area contributed by atoms with Crippen LogP contribution < -0.4 is 10.0 Å². The summed E-state index contributed by atoms with van der Waals surface area (Å²) in [5.41, 5.74) is 0. The Bertz CT molecular complexity index is 434. The second-order valence-electron chi connectivity index (χ2n) is 4.32. The molecule has 8 heteroatoms. The van der Waals surface area contributed by atoms with Crippen molar-refractivity contribution in [2.24, 2.45) is 0 Å². The molecule has 0 saturated carbocycles. The molecule has 104 valence electrons. The Hall–Kier alpha value is -0.990. The lowest BCUT2D eigenvalue weighted by molar-refractivity contribution is -0.127. The van der Waals surface area contributed by atoms with E-state index < -0.39 is 34.1 Å². The van der Waals surface area contributed by atoms with Crippen LogP contribution >= 0.6 is 0 Å². The van der Waals surface area contributed by atoms with Gasteiger partial charge < -0.3 is 10.1 Å². The molecule has 1 aliphatic heterocycles. The highest BCUT2D eigenvalue weighted by atomic mass is 32.2. The zero-order valence-corrected chi connectivity index (χ0v) is 11.4. The smallest absolute Gasteiger partial charge is 0.238 e. The van der Waals surface area contributed by atoms with Crippen molar-refractivity contribution >= 4 is 21.7 Å². The summed E-state index contributed by atoms with van der Waals surface area (Å²) in [4.78, 5) is 23.3. The van der Waals surface area contributed by atoms with Crippen LogP contribution in [0.3, 0.4) is 0 Å². The molecule has 1 rings (SSSR count). The van der Waals surface area contributed by atoms with E-state index in [1.165, 1.54) is 0 Å². The number of carbonyl (C=O) groups excluding carboxylic acids is 2. The van der Waals surface area contributed by atoms with Crippen LogP contribution in [0.2, 0.25) is 0 Å². The fraction of sp³-hybridized carbons (Fsp3) is 0.800. The normalized spacial score (nSPS) is 26.1. The standard InChI is InChI=1S/C10H18N2O5S/c1-4-7(12-18(3,15)16)10(14)11-9-6(2)17-5-8(9)13/h6-7,9,12H,4-5H2,1-3H3,(H,11,14)/t6-,7-,9?/m0/s1. The maximum atomic E-state index is 11.9. The first kappa shape index (κ1) is 15.1. The van der Waals surface area contributed by atoms with Gasteiger partial charge in [-0.05, 0) is 13.3 Å². The van der Waals surface area contributed by atoms with Gasteiger partial charge in [-0.25, -0.2) is 13.1 Å². The van der Waals surface area contributed by atoms with Crippen molar-refractivity contribution in [1.82, 2.24) is 10.0 Å². The molecule has 1 fully saturated rings. The molecule has 3 atom stereocenters. The summed E-state index contributed by atoms with van der Waals surface area (Å²) < 4.78 is 29.5. The van der Waals surface area contributed by atoms with Crippen molar-refractivity contribution in [3.63, 3.8) is 0 Å². The quantitative estimate of drug-likeness (QED) is 0.657. The highest BCUT2D eigenvalue weighted by molar-refractivity contribution is 7.88. The van der Waals surface area contributed by atoms with E-state index in [1.807, 2.05) is 0 Å². The number of hydrogen-bond donors (Lipinski definition) is 2. The molecule has 1 saturated heterocycles. The van der Waals surface area contributed by atoms with Crippen LogP contribution in [-0.2, 0) is 24.3 Å². The molecule has 0 radical (unpaired) electrons. The van der Waals surface area contributed by atoms with E-state index in [9.17, 15) is 18.0 Å². The van der Waals surface area contributed by atoms with Crippen molar-refractivity contribution in [1.29, 1.82) is 0 Å². The average Bonchev–Trinajstić information content (AvgIpc) is 2.56. The number of sulfonamides is 1. The largest absolute Gasteiger partial charge is 0.368 e. The number of carbonyl (C=O) groups is 2. The predicted molar refractivity (Wildman–Crippen MR) is 64.4 cm³/mol. The molecular formula is C10H18N2O5S. The first-order valence-corrected chi connectivity index (χ1v) is 7.55. The van der Waals surface area contributed by atoms with Crippen LogP contribution in [0.5, 0.6) is 0 Å². The first-order valence-electron chi connectivity index (χ1n) is 5.66. The second kappa shape index (κ2) is 5.77. The van der Waals surface area contributed by atoms with E-state index in [0.717, 1.165) is 6.26 Å². The van der Waals surface area contributed by atoms with Gasteiger partial charge in [0.25, 0.3) is 0 Å². The molecule has 0 aliphatic carbocycles. The number of rotatable bonds is 5. The maximum absolute atomic E-state index is 11.9. The number of ketones is 1. The number of amides is 1. The molecule has 0 aromatic rings. The molecule has 0 aromatic heterocycles. The molecule has 1 unspecified atom stereocenters. The summed E-state index contributed by atoms with van der Waals surface area (Å²) in [6.07, 6.45) is 0.891. The first-order chi connectivity index (χ1) is 8.24. The van der Waals surface area contributed by atoms with Crippen molar-refractivity contribution in [2.75, 3.05) is 12.9 Å². The number of Topliss-reactive ketones (excluding diaryl/α,β-unsaturated/α-hetero) is 1. The van der Waals surface area contributed by atoms with Crippen LogP contribution in [0.4, 0.5) is 0 Å². The molecule has 1 aliphatic rings. The van der Waals surface area contributed by atoms with Gasteiger partial charge in [0.15, 0.2) is 5.78 Å². The molecule has 0 bridgehead atoms. The fourth-order valence-corrected chi connectivity index (χ4v) is 2.48. The summed E-state index contributed by atoms with van der Waals surface area (Å²) in [5.74, 6) is -0.719. The van der Waals surface area contributed by atoms with Gasteiger partial charge >= 0.3 is 0 Å². The predicted octanol–water partition coefficient (Wildman–Crippen LogP) is -1.21. The molecule has 7 nitrogen and oxygen atoms in total. The monoisotopic (exact) mass is 278 g/mol. The van der Waals surface area contributed by atoms with Gasteiger partial charge in [-0.15, -0.1) is 0 Å². The van der Waals surface area contributed by atoms with Gasteiger partial charge in [-0.2, -0.15) is 0 Å². The topological polar surface area (TPSA) is 102 Å². The summed E-state index contributed by atoms with van der Waals surface area (Å²) in [7, 11) is -3.47. The Kier molecular flexibility index (Phi) is 4.83. The number of hydrogen-bond acceptors (Lipinski definition) is 5. The Morgan fingerprint density at radius 2 is 2.17 bits per heavy atom. The third-order valence-electron chi connectivity index (χ3n) is 2.68. The van der Waals surface area contributed by atoms with Crippen molar-refractivity contribution in [3.05, 3.63) is 0 Å². The van der Waals surface area contributed by atoms with Gasteiger partial charge in [0.1, 0.15) is 18.7 Å².